The monoisotopic (exact) mass is 241 g/mol. The highest BCUT2D eigenvalue weighted by Crippen LogP contribution is 2.28. The van der Waals surface area contributed by atoms with Crippen molar-refractivity contribution in [2.24, 2.45) is 0 Å². The molecule has 0 amide bonds. The van der Waals surface area contributed by atoms with Crippen LogP contribution in [0.15, 0.2) is 12.1 Å². The predicted octanol–water partition coefficient (Wildman–Crippen LogP) is 2.49. The van der Waals surface area contributed by atoms with Gasteiger partial charge < -0.3 is 10.0 Å². The molecule has 4 heteroatoms. The molecule has 94 valence electrons. The Bertz CT molecular complexity index is 401. The lowest BCUT2D eigenvalue weighted by molar-refractivity contribution is 0.195. The summed E-state index contributed by atoms with van der Waals surface area (Å²) in [6.07, 6.45) is 1.95. The number of rotatable bonds is 3. The van der Waals surface area contributed by atoms with Gasteiger partial charge >= 0.3 is 0 Å². The van der Waals surface area contributed by atoms with Crippen molar-refractivity contribution in [1.29, 1.82) is 0 Å². The van der Waals surface area contributed by atoms with Crippen molar-refractivity contribution in [3.8, 4) is 0 Å². The van der Waals surface area contributed by atoms with E-state index < -0.39 is 17.7 Å². The quantitative estimate of drug-likeness (QED) is 0.878. The molecule has 2 nitrogen and oxygen atoms in total. The standard InChI is InChI=1S/C13H17F2NO/c1-9(17)6-10-7-11(14)12(15)8-13(10)16-4-2-3-5-16/h7-9,17H,2-6H2,1H3. The fraction of sp³-hybridized carbons (Fsp3) is 0.538. The van der Waals surface area contributed by atoms with E-state index in [2.05, 4.69) is 4.90 Å². The molecule has 1 saturated heterocycles. The zero-order chi connectivity index (χ0) is 12.4. The van der Waals surface area contributed by atoms with Crippen molar-refractivity contribution >= 4 is 5.69 Å². The number of hydrogen-bond donors (Lipinski definition) is 1. The van der Waals surface area contributed by atoms with E-state index in [1.165, 1.54) is 12.1 Å². The number of aliphatic hydroxyl groups excluding tert-OH is 1. The van der Waals surface area contributed by atoms with Gasteiger partial charge in [-0.2, -0.15) is 0 Å². The lowest BCUT2D eigenvalue weighted by Crippen LogP contribution is -2.21. The van der Waals surface area contributed by atoms with Crippen molar-refractivity contribution < 1.29 is 13.9 Å². The van der Waals surface area contributed by atoms with Gasteiger partial charge in [0.1, 0.15) is 0 Å². The lowest BCUT2D eigenvalue weighted by atomic mass is 10.1. The van der Waals surface area contributed by atoms with Crippen LogP contribution in [0.3, 0.4) is 0 Å². The van der Waals surface area contributed by atoms with Crippen LogP contribution in [0, 0.1) is 11.6 Å². The predicted molar refractivity (Wildman–Crippen MR) is 63.2 cm³/mol. The lowest BCUT2D eigenvalue weighted by Gasteiger charge is -2.22. The van der Waals surface area contributed by atoms with Crippen molar-refractivity contribution in [1.82, 2.24) is 0 Å². The fourth-order valence-electron chi connectivity index (χ4n) is 2.31. The van der Waals surface area contributed by atoms with Crippen molar-refractivity contribution in [3.63, 3.8) is 0 Å². The highest BCUT2D eigenvalue weighted by molar-refractivity contribution is 5.55. The molecule has 1 unspecified atom stereocenters. The van der Waals surface area contributed by atoms with Crippen LogP contribution in [0.2, 0.25) is 0 Å². The Morgan fingerprint density at radius 1 is 1.24 bits per heavy atom. The van der Waals surface area contributed by atoms with Crippen molar-refractivity contribution in [3.05, 3.63) is 29.3 Å². The van der Waals surface area contributed by atoms with Crippen molar-refractivity contribution in [2.45, 2.75) is 32.3 Å². The SMILES string of the molecule is CC(O)Cc1cc(F)c(F)cc1N1CCCC1. The second kappa shape index (κ2) is 5.00. The van der Waals surface area contributed by atoms with Gasteiger partial charge in [0.05, 0.1) is 6.10 Å². The fourth-order valence-corrected chi connectivity index (χ4v) is 2.31. The largest absolute Gasteiger partial charge is 0.393 e. The third-order valence-electron chi connectivity index (χ3n) is 3.08. The number of hydrogen-bond acceptors (Lipinski definition) is 2. The van der Waals surface area contributed by atoms with Crippen LogP contribution in [0.5, 0.6) is 0 Å². The van der Waals surface area contributed by atoms with Crippen LogP contribution in [0.4, 0.5) is 14.5 Å². The van der Waals surface area contributed by atoms with Crippen LogP contribution >= 0.6 is 0 Å². The summed E-state index contributed by atoms with van der Waals surface area (Å²) >= 11 is 0. The number of nitrogens with zero attached hydrogens (tertiary/aromatic N) is 1. The summed E-state index contributed by atoms with van der Waals surface area (Å²) in [5.41, 5.74) is 1.41. The molecule has 0 saturated carbocycles. The van der Waals surface area contributed by atoms with Crippen molar-refractivity contribution in [2.75, 3.05) is 18.0 Å². The number of benzene rings is 1. The molecule has 1 aliphatic rings. The normalized spacial score (nSPS) is 17.5. The van der Waals surface area contributed by atoms with Crippen LogP contribution in [0.25, 0.3) is 0 Å². The first-order chi connectivity index (χ1) is 8.08. The molecule has 1 fully saturated rings. The third-order valence-corrected chi connectivity index (χ3v) is 3.08. The molecule has 1 aromatic rings. The van der Waals surface area contributed by atoms with Gasteiger partial charge in [-0.3, -0.25) is 0 Å². The van der Waals surface area contributed by atoms with Gasteiger partial charge in [-0.15, -0.1) is 0 Å². The molecular weight excluding hydrogens is 224 g/mol. The Kier molecular flexibility index (Phi) is 3.62. The zero-order valence-corrected chi connectivity index (χ0v) is 9.92. The smallest absolute Gasteiger partial charge is 0.160 e. The first-order valence-electron chi connectivity index (χ1n) is 5.99. The topological polar surface area (TPSA) is 23.5 Å². The molecule has 0 spiro atoms. The third kappa shape index (κ3) is 2.75. The minimum atomic E-state index is -0.844. The van der Waals surface area contributed by atoms with Crippen LogP contribution < -0.4 is 4.90 Å². The molecule has 0 bridgehead atoms. The van der Waals surface area contributed by atoms with E-state index in [0.29, 0.717) is 12.0 Å². The van der Waals surface area contributed by atoms with Gasteiger partial charge in [0.15, 0.2) is 11.6 Å². The average Bonchev–Trinajstić information content (AvgIpc) is 2.75. The van der Waals surface area contributed by atoms with Crippen LogP contribution in [-0.4, -0.2) is 24.3 Å². The zero-order valence-electron chi connectivity index (χ0n) is 9.92. The maximum Gasteiger partial charge on any atom is 0.160 e. The molecule has 0 radical (unpaired) electrons. The van der Waals surface area contributed by atoms with E-state index in [4.69, 9.17) is 0 Å². The Labute approximate surface area is 99.9 Å². The Morgan fingerprint density at radius 2 is 1.82 bits per heavy atom. The van der Waals surface area contributed by atoms with Gasteiger partial charge in [0, 0.05) is 31.3 Å². The minimum absolute atomic E-state index is 0.350. The molecule has 1 aliphatic heterocycles. The van der Waals surface area contributed by atoms with Gasteiger partial charge in [-0.05, 0) is 31.4 Å². The first-order valence-corrected chi connectivity index (χ1v) is 5.99. The van der Waals surface area contributed by atoms with E-state index in [1.807, 2.05) is 0 Å². The summed E-state index contributed by atoms with van der Waals surface area (Å²) in [4.78, 5) is 2.06. The summed E-state index contributed by atoms with van der Waals surface area (Å²) < 4.78 is 26.5. The van der Waals surface area contributed by atoms with Crippen LogP contribution in [0.1, 0.15) is 25.3 Å². The average molecular weight is 241 g/mol. The second-order valence-corrected chi connectivity index (χ2v) is 4.64. The van der Waals surface area contributed by atoms with E-state index >= 15 is 0 Å². The van der Waals surface area contributed by atoms with E-state index in [9.17, 15) is 13.9 Å². The number of anilines is 1. The molecular formula is C13H17F2NO. The minimum Gasteiger partial charge on any atom is -0.393 e. The maximum absolute atomic E-state index is 13.3. The first kappa shape index (κ1) is 12.3. The Balaban J connectivity index is 2.35. The molecule has 1 aromatic carbocycles. The maximum atomic E-state index is 13.3. The number of aliphatic hydroxyl groups is 1. The van der Waals surface area contributed by atoms with Crippen LogP contribution in [-0.2, 0) is 6.42 Å². The molecule has 0 aliphatic carbocycles. The summed E-state index contributed by atoms with van der Waals surface area (Å²) in [7, 11) is 0. The highest BCUT2D eigenvalue weighted by atomic mass is 19.2. The Morgan fingerprint density at radius 3 is 2.41 bits per heavy atom. The summed E-state index contributed by atoms with van der Waals surface area (Å²) in [6.45, 7) is 3.39. The molecule has 1 heterocycles. The van der Waals surface area contributed by atoms with Gasteiger partial charge in [0.2, 0.25) is 0 Å². The van der Waals surface area contributed by atoms with Gasteiger partial charge in [0.25, 0.3) is 0 Å². The van der Waals surface area contributed by atoms with Gasteiger partial charge in [-0.25, -0.2) is 8.78 Å². The second-order valence-electron chi connectivity index (χ2n) is 4.64. The number of halogens is 2. The van der Waals surface area contributed by atoms with E-state index in [1.54, 1.807) is 6.92 Å². The van der Waals surface area contributed by atoms with E-state index in [0.717, 1.165) is 31.6 Å². The molecule has 1 N–H and O–H groups in total. The molecule has 1 atom stereocenters. The molecule has 0 aromatic heterocycles. The van der Waals surface area contributed by atoms with Gasteiger partial charge in [-0.1, -0.05) is 0 Å². The Hall–Kier alpha value is -1.16. The summed E-state index contributed by atoms with van der Waals surface area (Å²) in [5, 5.41) is 9.40. The highest BCUT2D eigenvalue weighted by Gasteiger charge is 2.19. The van der Waals surface area contributed by atoms with E-state index in [-0.39, 0.29) is 0 Å². The molecule has 2 rings (SSSR count). The summed E-state index contributed by atoms with van der Waals surface area (Å²) in [6, 6.07) is 2.45. The summed E-state index contributed by atoms with van der Waals surface area (Å²) in [5.74, 6) is -1.66. The molecule has 17 heavy (non-hydrogen) atoms.